The highest BCUT2D eigenvalue weighted by molar-refractivity contribution is 6.35. The topological polar surface area (TPSA) is 57.8 Å². The van der Waals surface area contributed by atoms with Gasteiger partial charge in [-0.3, -0.25) is 9.78 Å². The molecule has 1 amide bonds. The molecule has 4 nitrogen and oxygen atoms in total. The predicted octanol–water partition coefficient (Wildman–Crippen LogP) is 5.67. The Bertz CT molecular complexity index is 1160. The summed E-state index contributed by atoms with van der Waals surface area (Å²) in [6.45, 7) is 0. The fraction of sp³-hybridized carbons (Fsp3) is 0. The van der Waals surface area contributed by atoms with E-state index < -0.39 is 0 Å². The van der Waals surface area contributed by atoms with Crippen molar-refractivity contribution < 1.29 is 4.79 Å². The third kappa shape index (κ3) is 3.29. The van der Waals surface area contributed by atoms with Crippen LogP contribution in [-0.4, -0.2) is 15.9 Å². The summed E-state index contributed by atoms with van der Waals surface area (Å²) in [5.74, 6) is -0.310. The SMILES string of the molecule is O=C(/C=C/c1cc2c(cn1)[nH]c1ccccc12)Nc1cc(Cl)ccc1Cl. The lowest BCUT2D eigenvalue weighted by Gasteiger charge is -2.05. The summed E-state index contributed by atoms with van der Waals surface area (Å²) in [6, 6.07) is 14.9. The van der Waals surface area contributed by atoms with E-state index in [1.807, 2.05) is 24.3 Å². The fourth-order valence-corrected chi connectivity index (χ4v) is 3.12. The number of nitrogens with one attached hydrogen (secondary N) is 2. The molecule has 0 aliphatic carbocycles. The van der Waals surface area contributed by atoms with Crippen LogP contribution in [0.15, 0.2) is 60.8 Å². The van der Waals surface area contributed by atoms with Crippen LogP contribution < -0.4 is 5.32 Å². The van der Waals surface area contributed by atoms with Gasteiger partial charge < -0.3 is 10.3 Å². The predicted molar refractivity (Wildman–Crippen MR) is 108 cm³/mol. The monoisotopic (exact) mass is 381 g/mol. The number of rotatable bonds is 3. The highest BCUT2D eigenvalue weighted by Crippen LogP contribution is 2.26. The van der Waals surface area contributed by atoms with Crippen LogP contribution in [0.3, 0.4) is 0 Å². The van der Waals surface area contributed by atoms with E-state index in [9.17, 15) is 4.79 Å². The molecule has 128 valence electrons. The maximum Gasteiger partial charge on any atom is 0.248 e. The molecule has 2 aromatic heterocycles. The van der Waals surface area contributed by atoms with E-state index in [0.29, 0.717) is 21.4 Å². The summed E-state index contributed by atoms with van der Waals surface area (Å²) in [5, 5.41) is 5.82. The minimum Gasteiger partial charge on any atom is -0.353 e. The van der Waals surface area contributed by atoms with Crippen molar-refractivity contribution in [2.24, 2.45) is 0 Å². The maximum absolute atomic E-state index is 12.1. The Kier molecular flexibility index (Phi) is 4.37. The Morgan fingerprint density at radius 1 is 1.04 bits per heavy atom. The number of aromatic nitrogens is 2. The average molecular weight is 382 g/mol. The average Bonchev–Trinajstić information content (AvgIpc) is 3.01. The number of hydrogen-bond acceptors (Lipinski definition) is 2. The van der Waals surface area contributed by atoms with Gasteiger partial charge in [-0.2, -0.15) is 0 Å². The molecule has 0 saturated carbocycles. The molecular formula is C20H13Cl2N3O. The van der Waals surface area contributed by atoms with Gasteiger partial charge in [0.25, 0.3) is 0 Å². The van der Waals surface area contributed by atoms with Crippen LogP contribution >= 0.6 is 23.2 Å². The summed E-state index contributed by atoms with van der Waals surface area (Å²) >= 11 is 12.0. The number of carbonyl (C=O) groups excluding carboxylic acids is 1. The molecule has 2 N–H and O–H groups in total. The van der Waals surface area contributed by atoms with Crippen LogP contribution in [0, 0.1) is 0 Å². The third-order valence-electron chi connectivity index (χ3n) is 4.00. The van der Waals surface area contributed by atoms with Gasteiger partial charge in [0, 0.05) is 27.4 Å². The van der Waals surface area contributed by atoms with E-state index in [1.54, 1.807) is 30.5 Å². The van der Waals surface area contributed by atoms with Crippen LogP contribution in [-0.2, 0) is 4.79 Å². The van der Waals surface area contributed by atoms with Gasteiger partial charge in [0.15, 0.2) is 0 Å². The van der Waals surface area contributed by atoms with Crippen molar-refractivity contribution in [3.05, 3.63) is 76.5 Å². The molecule has 0 radical (unpaired) electrons. The summed E-state index contributed by atoms with van der Waals surface area (Å²) in [5.41, 5.74) is 3.17. The van der Waals surface area contributed by atoms with Crippen molar-refractivity contribution in [2.45, 2.75) is 0 Å². The van der Waals surface area contributed by atoms with E-state index in [-0.39, 0.29) is 5.91 Å². The second kappa shape index (κ2) is 6.83. The lowest BCUT2D eigenvalue weighted by Crippen LogP contribution is -2.08. The van der Waals surface area contributed by atoms with Crippen LogP contribution in [0.1, 0.15) is 5.69 Å². The zero-order chi connectivity index (χ0) is 18.1. The maximum atomic E-state index is 12.1. The number of benzene rings is 2. The second-order valence-corrected chi connectivity index (χ2v) is 6.62. The van der Waals surface area contributed by atoms with E-state index in [0.717, 1.165) is 21.8 Å². The first kappa shape index (κ1) is 16.6. The Balaban J connectivity index is 1.59. The van der Waals surface area contributed by atoms with E-state index >= 15 is 0 Å². The highest BCUT2D eigenvalue weighted by atomic mass is 35.5. The Morgan fingerprint density at radius 3 is 2.77 bits per heavy atom. The zero-order valence-electron chi connectivity index (χ0n) is 13.5. The molecule has 0 fully saturated rings. The van der Waals surface area contributed by atoms with Gasteiger partial charge in [0.05, 0.1) is 28.1 Å². The van der Waals surface area contributed by atoms with E-state index in [1.165, 1.54) is 6.08 Å². The smallest absolute Gasteiger partial charge is 0.248 e. The molecule has 0 aliphatic rings. The first-order chi connectivity index (χ1) is 12.6. The number of pyridine rings is 1. The standard InChI is InChI=1S/C20H13Cl2N3O/c21-12-5-7-16(22)18(9-12)25-20(26)8-6-13-10-15-14-3-1-2-4-17(14)24-19(15)11-23-13/h1-11,24H,(H,25,26)/b8-6+. The highest BCUT2D eigenvalue weighted by Gasteiger charge is 2.06. The van der Waals surface area contributed by atoms with Gasteiger partial charge in [-0.05, 0) is 36.4 Å². The third-order valence-corrected chi connectivity index (χ3v) is 4.57. The van der Waals surface area contributed by atoms with Gasteiger partial charge in [0.2, 0.25) is 5.91 Å². The quantitative estimate of drug-likeness (QED) is 0.448. The molecule has 0 unspecified atom stereocenters. The number of halogens is 2. The van der Waals surface area contributed by atoms with Crippen molar-refractivity contribution in [3.63, 3.8) is 0 Å². The number of aromatic amines is 1. The molecule has 0 aliphatic heterocycles. The number of H-pyrrole nitrogens is 1. The Labute approximate surface area is 159 Å². The van der Waals surface area contributed by atoms with Gasteiger partial charge in [-0.15, -0.1) is 0 Å². The molecule has 2 heterocycles. The van der Waals surface area contributed by atoms with Crippen LogP contribution in [0.25, 0.3) is 27.9 Å². The Morgan fingerprint density at radius 2 is 1.88 bits per heavy atom. The minimum absolute atomic E-state index is 0.310. The number of amides is 1. The molecule has 0 bridgehead atoms. The first-order valence-corrected chi connectivity index (χ1v) is 8.66. The summed E-state index contributed by atoms with van der Waals surface area (Å²) in [7, 11) is 0. The summed E-state index contributed by atoms with van der Waals surface area (Å²) in [4.78, 5) is 19.8. The van der Waals surface area contributed by atoms with Gasteiger partial charge in [0.1, 0.15) is 0 Å². The van der Waals surface area contributed by atoms with Gasteiger partial charge in [-0.1, -0.05) is 41.4 Å². The van der Waals surface area contributed by atoms with Crippen molar-refractivity contribution in [1.82, 2.24) is 9.97 Å². The second-order valence-electron chi connectivity index (χ2n) is 5.77. The molecular weight excluding hydrogens is 369 g/mol. The van der Waals surface area contributed by atoms with Crippen molar-refractivity contribution in [2.75, 3.05) is 5.32 Å². The van der Waals surface area contributed by atoms with Crippen LogP contribution in [0.5, 0.6) is 0 Å². The molecule has 0 atom stereocenters. The van der Waals surface area contributed by atoms with Crippen molar-refractivity contribution >= 4 is 62.7 Å². The number of para-hydroxylation sites is 1. The number of hydrogen-bond donors (Lipinski definition) is 2. The normalized spacial score (nSPS) is 11.5. The van der Waals surface area contributed by atoms with Gasteiger partial charge in [-0.25, -0.2) is 0 Å². The summed E-state index contributed by atoms with van der Waals surface area (Å²) in [6.07, 6.45) is 4.84. The fourth-order valence-electron chi connectivity index (χ4n) is 2.79. The Hall–Kier alpha value is -2.82. The molecule has 4 rings (SSSR count). The summed E-state index contributed by atoms with van der Waals surface area (Å²) < 4.78 is 0. The molecule has 0 saturated heterocycles. The number of carbonyl (C=O) groups is 1. The van der Waals surface area contributed by atoms with Crippen LogP contribution in [0.4, 0.5) is 5.69 Å². The van der Waals surface area contributed by atoms with Gasteiger partial charge >= 0.3 is 0 Å². The number of anilines is 1. The van der Waals surface area contributed by atoms with Crippen molar-refractivity contribution in [3.8, 4) is 0 Å². The lowest BCUT2D eigenvalue weighted by atomic mass is 10.1. The molecule has 4 aromatic rings. The van der Waals surface area contributed by atoms with E-state index in [4.69, 9.17) is 23.2 Å². The van der Waals surface area contributed by atoms with Crippen LogP contribution in [0.2, 0.25) is 10.0 Å². The number of nitrogens with zero attached hydrogens (tertiary/aromatic N) is 1. The molecule has 6 heteroatoms. The first-order valence-electron chi connectivity index (χ1n) is 7.91. The minimum atomic E-state index is -0.310. The number of fused-ring (bicyclic) bond motifs is 3. The largest absolute Gasteiger partial charge is 0.353 e. The molecule has 26 heavy (non-hydrogen) atoms. The molecule has 0 spiro atoms. The lowest BCUT2D eigenvalue weighted by molar-refractivity contribution is -0.111. The zero-order valence-corrected chi connectivity index (χ0v) is 15.0. The van der Waals surface area contributed by atoms with E-state index in [2.05, 4.69) is 21.4 Å². The molecule has 2 aromatic carbocycles. The van der Waals surface area contributed by atoms with Crippen molar-refractivity contribution in [1.29, 1.82) is 0 Å².